The van der Waals surface area contributed by atoms with Gasteiger partial charge >= 0.3 is 0 Å². The second-order valence-corrected chi connectivity index (χ2v) is 6.50. The first-order valence-electron chi connectivity index (χ1n) is 7.69. The van der Waals surface area contributed by atoms with E-state index in [-0.39, 0.29) is 11.9 Å². The van der Waals surface area contributed by atoms with E-state index in [4.69, 9.17) is 9.47 Å². The van der Waals surface area contributed by atoms with Crippen LogP contribution in [0.15, 0.2) is 29.8 Å². The summed E-state index contributed by atoms with van der Waals surface area (Å²) in [6.45, 7) is 7.65. The van der Waals surface area contributed by atoms with Gasteiger partial charge in [-0.25, -0.2) is 0 Å². The first kappa shape index (κ1) is 14.5. The largest absolute Gasteiger partial charge is 0.504 e. The Morgan fingerprint density at radius 1 is 1.29 bits per heavy atom. The van der Waals surface area contributed by atoms with Crippen LogP contribution in [0.1, 0.15) is 32.4 Å². The molecule has 1 fully saturated rings. The van der Waals surface area contributed by atoms with Gasteiger partial charge in [-0.1, -0.05) is 31.6 Å². The molecule has 3 rings (SSSR count). The topological polar surface area (TPSA) is 38.7 Å². The molecule has 1 aliphatic carbocycles. The van der Waals surface area contributed by atoms with Gasteiger partial charge in [-0.2, -0.15) is 0 Å². The fourth-order valence-electron chi connectivity index (χ4n) is 4.12. The quantitative estimate of drug-likeness (QED) is 0.838. The maximum atomic E-state index is 9.77. The van der Waals surface area contributed by atoms with Crippen molar-refractivity contribution in [3.8, 4) is 11.5 Å². The van der Waals surface area contributed by atoms with Crippen molar-refractivity contribution < 1.29 is 14.6 Å². The Kier molecular flexibility index (Phi) is 3.70. The van der Waals surface area contributed by atoms with Gasteiger partial charge in [0, 0.05) is 5.92 Å². The zero-order valence-electron chi connectivity index (χ0n) is 13.2. The SMILES string of the molecule is COc1cc([C@@H]2OC[C@H]3[C@H](C)[C@@H]2C(C)=C[C@@H]3C)ccc1O. The molecule has 0 radical (unpaired) electrons. The molecule has 0 amide bonds. The minimum Gasteiger partial charge on any atom is -0.504 e. The van der Waals surface area contributed by atoms with Gasteiger partial charge in [-0.15, -0.1) is 0 Å². The van der Waals surface area contributed by atoms with E-state index in [9.17, 15) is 5.11 Å². The standard InChI is InChI=1S/C18H24O3/c1-10-7-11(2)17-12(3)14(10)9-21-18(17)13-5-6-15(19)16(8-13)20-4/h5-8,10,12,14,17-19H,9H2,1-4H3/t10-,12-,14+,17-,18-/m0/s1. The summed E-state index contributed by atoms with van der Waals surface area (Å²) in [5, 5.41) is 9.77. The van der Waals surface area contributed by atoms with Gasteiger partial charge in [0.15, 0.2) is 11.5 Å². The number of fused-ring (bicyclic) bond motifs is 2. The van der Waals surface area contributed by atoms with Gasteiger partial charge in [0.1, 0.15) is 0 Å². The molecule has 0 saturated carbocycles. The molecule has 0 aromatic heterocycles. The average molecular weight is 288 g/mol. The Morgan fingerprint density at radius 2 is 2.05 bits per heavy atom. The Balaban J connectivity index is 1.98. The van der Waals surface area contributed by atoms with Crippen molar-refractivity contribution in [2.45, 2.75) is 26.9 Å². The van der Waals surface area contributed by atoms with E-state index in [1.165, 1.54) is 5.57 Å². The third-order valence-electron chi connectivity index (χ3n) is 5.30. The first-order chi connectivity index (χ1) is 10.0. The smallest absolute Gasteiger partial charge is 0.160 e. The molecule has 1 N–H and O–H groups in total. The number of methoxy groups -OCH3 is 1. The lowest BCUT2D eigenvalue weighted by molar-refractivity contribution is -0.0935. The fourth-order valence-corrected chi connectivity index (χ4v) is 4.12. The van der Waals surface area contributed by atoms with E-state index in [0.29, 0.717) is 29.4 Å². The minimum absolute atomic E-state index is 0.0505. The predicted molar refractivity (Wildman–Crippen MR) is 82.4 cm³/mol. The van der Waals surface area contributed by atoms with Crippen molar-refractivity contribution in [2.75, 3.05) is 13.7 Å². The molecule has 3 heteroatoms. The molecule has 0 spiro atoms. The lowest BCUT2D eigenvalue weighted by atomic mass is 9.64. The monoisotopic (exact) mass is 288 g/mol. The molecular weight excluding hydrogens is 264 g/mol. The summed E-state index contributed by atoms with van der Waals surface area (Å²) in [5.74, 6) is 2.91. The van der Waals surface area contributed by atoms with Gasteiger partial charge in [-0.3, -0.25) is 0 Å². The van der Waals surface area contributed by atoms with E-state index in [1.54, 1.807) is 13.2 Å². The number of phenolic OH excluding ortho intramolecular Hbond substituents is 1. The molecule has 1 aliphatic heterocycles. The van der Waals surface area contributed by atoms with Crippen LogP contribution in [0.4, 0.5) is 0 Å². The number of phenols is 1. The summed E-state index contributed by atoms with van der Waals surface area (Å²) in [5.41, 5.74) is 2.50. The van der Waals surface area contributed by atoms with Crippen molar-refractivity contribution in [3.05, 3.63) is 35.4 Å². The molecule has 1 aromatic carbocycles. The zero-order chi connectivity index (χ0) is 15.1. The van der Waals surface area contributed by atoms with Gasteiger partial charge < -0.3 is 14.6 Å². The van der Waals surface area contributed by atoms with Crippen molar-refractivity contribution in [1.29, 1.82) is 0 Å². The van der Waals surface area contributed by atoms with Gasteiger partial charge in [0.05, 0.1) is 19.8 Å². The maximum Gasteiger partial charge on any atom is 0.160 e. The van der Waals surface area contributed by atoms with Crippen LogP contribution in [-0.2, 0) is 4.74 Å². The Morgan fingerprint density at radius 3 is 2.76 bits per heavy atom. The third-order valence-corrected chi connectivity index (χ3v) is 5.30. The Bertz CT molecular complexity index is 564. The minimum atomic E-state index is 0.0505. The van der Waals surface area contributed by atoms with Gasteiger partial charge in [0.2, 0.25) is 0 Å². The van der Waals surface area contributed by atoms with E-state index in [2.05, 4.69) is 26.8 Å². The second kappa shape index (κ2) is 5.38. The Labute approximate surface area is 126 Å². The number of hydrogen-bond donors (Lipinski definition) is 1. The lowest BCUT2D eigenvalue weighted by Gasteiger charge is -2.47. The van der Waals surface area contributed by atoms with Crippen LogP contribution in [0.25, 0.3) is 0 Å². The molecule has 21 heavy (non-hydrogen) atoms. The molecule has 114 valence electrons. The third kappa shape index (κ3) is 2.34. The van der Waals surface area contributed by atoms with Crippen LogP contribution in [0.2, 0.25) is 0 Å². The summed E-state index contributed by atoms with van der Waals surface area (Å²) >= 11 is 0. The van der Waals surface area contributed by atoms with E-state index >= 15 is 0 Å². The predicted octanol–water partition coefficient (Wildman–Crippen LogP) is 3.94. The number of rotatable bonds is 2. The molecule has 1 heterocycles. The average Bonchev–Trinajstić information content (AvgIpc) is 2.45. The second-order valence-electron chi connectivity index (χ2n) is 6.50. The van der Waals surface area contributed by atoms with E-state index in [0.717, 1.165) is 12.2 Å². The highest BCUT2D eigenvalue weighted by Gasteiger charge is 2.43. The molecule has 5 atom stereocenters. The van der Waals surface area contributed by atoms with Crippen molar-refractivity contribution in [3.63, 3.8) is 0 Å². The van der Waals surface area contributed by atoms with Crippen LogP contribution in [0.5, 0.6) is 11.5 Å². The number of aromatic hydroxyl groups is 1. The highest BCUT2D eigenvalue weighted by atomic mass is 16.5. The van der Waals surface area contributed by atoms with Crippen LogP contribution in [0.3, 0.4) is 0 Å². The number of ether oxygens (including phenoxy) is 2. The lowest BCUT2D eigenvalue weighted by Crippen LogP contribution is -2.42. The van der Waals surface area contributed by atoms with Crippen molar-refractivity contribution in [2.24, 2.45) is 23.7 Å². The van der Waals surface area contributed by atoms with Crippen LogP contribution in [0, 0.1) is 23.7 Å². The molecule has 0 unspecified atom stereocenters. The van der Waals surface area contributed by atoms with Crippen molar-refractivity contribution >= 4 is 0 Å². The van der Waals surface area contributed by atoms with Crippen LogP contribution >= 0.6 is 0 Å². The normalized spacial score (nSPS) is 35.2. The van der Waals surface area contributed by atoms with Gasteiger partial charge in [0.25, 0.3) is 0 Å². The molecule has 3 nitrogen and oxygen atoms in total. The highest BCUT2D eigenvalue weighted by Crippen LogP contribution is 2.50. The first-order valence-corrected chi connectivity index (χ1v) is 7.69. The number of benzene rings is 1. The van der Waals surface area contributed by atoms with Gasteiger partial charge in [-0.05, 0) is 42.4 Å². The summed E-state index contributed by atoms with van der Waals surface area (Å²) in [7, 11) is 1.58. The summed E-state index contributed by atoms with van der Waals surface area (Å²) in [4.78, 5) is 0. The summed E-state index contributed by atoms with van der Waals surface area (Å²) in [6, 6.07) is 5.54. The fraction of sp³-hybridized carbons (Fsp3) is 0.556. The van der Waals surface area contributed by atoms with E-state index in [1.807, 2.05) is 12.1 Å². The van der Waals surface area contributed by atoms with Crippen LogP contribution in [-0.4, -0.2) is 18.8 Å². The number of allylic oxidation sites excluding steroid dienone is 1. The summed E-state index contributed by atoms with van der Waals surface area (Å²) in [6.07, 6.45) is 2.46. The Hall–Kier alpha value is -1.48. The zero-order valence-corrected chi connectivity index (χ0v) is 13.2. The summed E-state index contributed by atoms with van der Waals surface area (Å²) < 4.78 is 11.4. The van der Waals surface area contributed by atoms with Crippen LogP contribution < -0.4 is 4.74 Å². The number of hydrogen-bond acceptors (Lipinski definition) is 3. The highest BCUT2D eigenvalue weighted by molar-refractivity contribution is 5.43. The molecule has 2 bridgehead atoms. The molecular formula is C18H24O3. The van der Waals surface area contributed by atoms with E-state index < -0.39 is 0 Å². The van der Waals surface area contributed by atoms with Crippen molar-refractivity contribution in [1.82, 2.24) is 0 Å². The molecule has 1 saturated heterocycles. The molecule has 1 aromatic rings. The molecule has 2 aliphatic rings. The maximum absolute atomic E-state index is 9.77.